The van der Waals surface area contributed by atoms with Crippen LogP contribution in [0.15, 0.2) is 12.3 Å². The molecule has 0 aliphatic rings. The summed E-state index contributed by atoms with van der Waals surface area (Å²) < 4.78 is 4.89. The Labute approximate surface area is 108 Å². The van der Waals surface area contributed by atoms with Crippen molar-refractivity contribution in [2.45, 2.75) is 18.6 Å². The van der Waals surface area contributed by atoms with E-state index < -0.39 is 17.1 Å². The number of aromatic nitrogens is 1. The number of pyridine rings is 1. The maximum absolute atomic E-state index is 10.6. The molecule has 0 bridgehead atoms. The van der Waals surface area contributed by atoms with E-state index >= 15 is 0 Å². The number of aliphatic hydroxyl groups is 2. The largest absolute Gasteiger partial charge is 0.481 e. The van der Waals surface area contributed by atoms with Crippen LogP contribution in [0.3, 0.4) is 0 Å². The molecule has 7 nitrogen and oxygen atoms in total. The molecule has 0 amide bonds. The Morgan fingerprint density at radius 2 is 2.28 bits per heavy atom. The first-order valence-electron chi connectivity index (χ1n) is 5.11. The number of rotatable bonds is 6. The highest BCUT2D eigenvalue weighted by Crippen LogP contribution is 2.29. The number of nitro groups is 1. The summed E-state index contributed by atoms with van der Waals surface area (Å²) in [6.45, 7) is 0. The molecule has 2 N–H and O–H groups in total. The van der Waals surface area contributed by atoms with Gasteiger partial charge in [0.15, 0.2) is 0 Å². The SMILES string of the molecule is COc1ncc([N+](=O)[O-])cc1C(O)C(O)CCCl. The van der Waals surface area contributed by atoms with Crippen LogP contribution >= 0.6 is 11.6 Å². The van der Waals surface area contributed by atoms with E-state index in [4.69, 9.17) is 16.3 Å². The molecule has 0 fully saturated rings. The highest BCUT2D eigenvalue weighted by Gasteiger charge is 2.24. The molecular formula is C10H13ClN2O5. The van der Waals surface area contributed by atoms with Gasteiger partial charge in [-0.3, -0.25) is 10.1 Å². The Morgan fingerprint density at radius 1 is 1.61 bits per heavy atom. The number of aliphatic hydroxyl groups excluding tert-OH is 2. The first-order valence-corrected chi connectivity index (χ1v) is 5.65. The van der Waals surface area contributed by atoms with Crippen LogP contribution in [0.4, 0.5) is 5.69 Å². The summed E-state index contributed by atoms with van der Waals surface area (Å²) in [4.78, 5) is 13.7. The summed E-state index contributed by atoms with van der Waals surface area (Å²) >= 11 is 5.46. The number of hydrogen-bond donors (Lipinski definition) is 2. The fourth-order valence-electron chi connectivity index (χ4n) is 1.42. The lowest BCUT2D eigenvalue weighted by molar-refractivity contribution is -0.385. The molecule has 0 aliphatic heterocycles. The molecule has 100 valence electrons. The summed E-state index contributed by atoms with van der Waals surface area (Å²) in [6.07, 6.45) is -1.32. The fourth-order valence-corrected chi connectivity index (χ4v) is 1.64. The quantitative estimate of drug-likeness (QED) is 0.456. The van der Waals surface area contributed by atoms with Crippen molar-refractivity contribution in [3.8, 4) is 5.88 Å². The number of nitrogens with zero attached hydrogens (tertiary/aromatic N) is 2. The molecule has 1 aromatic rings. The summed E-state index contributed by atoms with van der Waals surface area (Å²) in [5.74, 6) is 0.185. The number of ether oxygens (including phenoxy) is 1. The summed E-state index contributed by atoms with van der Waals surface area (Å²) in [5.41, 5.74) is -0.229. The van der Waals surface area contributed by atoms with Crippen LogP contribution in [0.5, 0.6) is 5.88 Å². The third-order valence-electron chi connectivity index (χ3n) is 2.36. The lowest BCUT2D eigenvalue weighted by Crippen LogP contribution is -2.19. The zero-order chi connectivity index (χ0) is 13.7. The number of alkyl halides is 1. The van der Waals surface area contributed by atoms with Crippen molar-refractivity contribution >= 4 is 17.3 Å². The normalized spacial score (nSPS) is 14.0. The van der Waals surface area contributed by atoms with Gasteiger partial charge >= 0.3 is 0 Å². The van der Waals surface area contributed by atoms with E-state index in [-0.39, 0.29) is 29.4 Å². The molecule has 1 rings (SSSR count). The van der Waals surface area contributed by atoms with Crippen molar-refractivity contribution in [2.24, 2.45) is 0 Å². The Bertz CT molecular complexity index is 429. The third kappa shape index (κ3) is 3.28. The lowest BCUT2D eigenvalue weighted by Gasteiger charge is -2.18. The Hall–Kier alpha value is -1.44. The standard InChI is InChI=1S/C10H13ClN2O5/c1-18-10-7(9(15)8(14)2-3-11)4-6(5-12-10)13(16)17/h4-5,8-9,14-15H,2-3H2,1H3. The predicted octanol–water partition coefficient (Wildman–Crippen LogP) is 1.02. The molecule has 0 saturated heterocycles. The number of hydrogen-bond acceptors (Lipinski definition) is 6. The average molecular weight is 277 g/mol. The monoisotopic (exact) mass is 276 g/mol. The maximum atomic E-state index is 10.6. The van der Waals surface area contributed by atoms with E-state index in [1.807, 2.05) is 0 Å². The van der Waals surface area contributed by atoms with Crippen molar-refractivity contribution < 1.29 is 19.9 Å². The van der Waals surface area contributed by atoms with Crippen LogP contribution in [-0.4, -0.2) is 39.2 Å². The number of halogens is 1. The summed E-state index contributed by atoms with van der Waals surface area (Å²) in [7, 11) is 1.32. The third-order valence-corrected chi connectivity index (χ3v) is 2.57. The van der Waals surface area contributed by atoms with Crippen LogP contribution < -0.4 is 4.74 Å². The van der Waals surface area contributed by atoms with Crippen LogP contribution in [0, 0.1) is 10.1 Å². The van der Waals surface area contributed by atoms with E-state index in [1.54, 1.807) is 0 Å². The van der Waals surface area contributed by atoms with Gasteiger partial charge in [0.2, 0.25) is 5.88 Å². The van der Waals surface area contributed by atoms with Gasteiger partial charge in [0.25, 0.3) is 5.69 Å². The number of methoxy groups -OCH3 is 1. The van der Waals surface area contributed by atoms with E-state index in [0.29, 0.717) is 0 Å². The molecule has 0 radical (unpaired) electrons. The predicted molar refractivity (Wildman–Crippen MR) is 63.7 cm³/mol. The zero-order valence-electron chi connectivity index (χ0n) is 9.62. The molecule has 18 heavy (non-hydrogen) atoms. The van der Waals surface area contributed by atoms with Crippen LogP contribution in [-0.2, 0) is 0 Å². The maximum Gasteiger partial charge on any atom is 0.288 e. The van der Waals surface area contributed by atoms with Gasteiger partial charge in [-0.15, -0.1) is 11.6 Å². The Kier molecular flexibility index (Phi) is 5.26. The average Bonchev–Trinajstić information content (AvgIpc) is 2.37. The van der Waals surface area contributed by atoms with Gasteiger partial charge < -0.3 is 14.9 Å². The molecule has 0 aliphatic carbocycles. The molecule has 8 heteroatoms. The zero-order valence-corrected chi connectivity index (χ0v) is 10.4. The van der Waals surface area contributed by atoms with Gasteiger partial charge in [0.1, 0.15) is 12.3 Å². The first-order chi connectivity index (χ1) is 8.51. The van der Waals surface area contributed by atoms with Crippen molar-refractivity contribution in [1.82, 2.24) is 4.98 Å². The van der Waals surface area contributed by atoms with Gasteiger partial charge in [-0.2, -0.15) is 0 Å². The molecular weight excluding hydrogens is 264 g/mol. The van der Waals surface area contributed by atoms with Gasteiger partial charge in [0, 0.05) is 11.9 Å². The van der Waals surface area contributed by atoms with Crippen LogP contribution in [0.2, 0.25) is 0 Å². The second-order valence-corrected chi connectivity index (χ2v) is 3.92. The van der Waals surface area contributed by atoms with Gasteiger partial charge in [-0.1, -0.05) is 0 Å². The second kappa shape index (κ2) is 6.48. The van der Waals surface area contributed by atoms with Crippen LogP contribution in [0.25, 0.3) is 0 Å². The Balaban J connectivity index is 3.10. The van der Waals surface area contributed by atoms with Crippen molar-refractivity contribution in [3.05, 3.63) is 27.9 Å². The topological polar surface area (TPSA) is 106 Å². The molecule has 0 saturated carbocycles. The van der Waals surface area contributed by atoms with E-state index in [2.05, 4.69) is 4.98 Å². The molecule has 2 unspecified atom stereocenters. The molecule has 0 spiro atoms. The first kappa shape index (κ1) is 14.6. The summed E-state index contributed by atoms with van der Waals surface area (Å²) in [6, 6.07) is 1.12. The minimum Gasteiger partial charge on any atom is -0.481 e. The lowest BCUT2D eigenvalue weighted by atomic mass is 10.0. The highest BCUT2D eigenvalue weighted by molar-refractivity contribution is 6.17. The minimum atomic E-state index is -1.34. The smallest absolute Gasteiger partial charge is 0.288 e. The van der Waals surface area contributed by atoms with E-state index in [9.17, 15) is 20.3 Å². The van der Waals surface area contributed by atoms with Gasteiger partial charge in [-0.25, -0.2) is 4.98 Å². The van der Waals surface area contributed by atoms with Gasteiger partial charge in [0.05, 0.1) is 23.7 Å². The van der Waals surface area contributed by atoms with Crippen LogP contribution in [0.1, 0.15) is 18.1 Å². The van der Waals surface area contributed by atoms with Crippen molar-refractivity contribution in [3.63, 3.8) is 0 Å². The Morgan fingerprint density at radius 3 is 2.78 bits per heavy atom. The highest BCUT2D eigenvalue weighted by atomic mass is 35.5. The minimum absolute atomic E-state index is 0.0294. The van der Waals surface area contributed by atoms with E-state index in [1.165, 1.54) is 7.11 Å². The molecule has 1 heterocycles. The van der Waals surface area contributed by atoms with Crippen molar-refractivity contribution in [1.29, 1.82) is 0 Å². The molecule has 0 aromatic carbocycles. The fraction of sp³-hybridized carbons (Fsp3) is 0.500. The second-order valence-electron chi connectivity index (χ2n) is 3.54. The molecule has 2 atom stereocenters. The van der Waals surface area contributed by atoms with Gasteiger partial charge in [-0.05, 0) is 6.42 Å². The summed E-state index contributed by atoms with van der Waals surface area (Å²) in [5, 5.41) is 30.2. The van der Waals surface area contributed by atoms with E-state index in [0.717, 1.165) is 12.3 Å². The van der Waals surface area contributed by atoms with Crippen molar-refractivity contribution in [2.75, 3.05) is 13.0 Å². The molecule has 1 aromatic heterocycles.